The Kier molecular flexibility index (Phi) is 4.86. The van der Waals surface area contributed by atoms with Gasteiger partial charge in [-0.05, 0) is 24.0 Å². The average molecular weight is 305 g/mol. The molecule has 1 aromatic carbocycles. The van der Waals surface area contributed by atoms with Crippen molar-refractivity contribution in [2.75, 3.05) is 13.1 Å². The van der Waals surface area contributed by atoms with Crippen molar-refractivity contribution < 1.29 is 19.8 Å². The molecule has 1 aromatic rings. The van der Waals surface area contributed by atoms with Crippen LogP contribution in [0.3, 0.4) is 0 Å². The molecule has 1 aliphatic heterocycles. The third kappa shape index (κ3) is 3.47. The van der Waals surface area contributed by atoms with Crippen molar-refractivity contribution >= 4 is 11.9 Å². The van der Waals surface area contributed by atoms with E-state index in [1.807, 2.05) is 38.1 Å². The molecule has 0 spiro atoms. The Hall–Kier alpha value is -1.88. The highest BCUT2D eigenvalue weighted by Gasteiger charge is 2.40. The molecular formula is C17H23NO4. The van der Waals surface area contributed by atoms with E-state index in [0.29, 0.717) is 19.5 Å². The fourth-order valence-corrected chi connectivity index (χ4v) is 2.98. The van der Waals surface area contributed by atoms with E-state index in [1.54, 1.807) is 4.90 Å². The van der Waals surface area contributed by atoms with Gasteiger partial charge >= 0.3 is 5.97 Å². The Morgan fingerprint density at radius 3 is 2.41 bits per heavy atom. The lowest BCUT2D eigenvalue weighted by Crippen LogP contribution is -2.50. The normalized spacial score (nSPS) is 18.8. The molecule has 5 nitrogen and oxygen atoms in total. The van der Waals surface area contributed by atoms with Crippen LogP contribution in [0.4, 0.5) is 0 Å². The van der Waals surface area contributed by atoms with Crippen LogP contribution in [0.25, 0.3) is 0 Å². The summed E-state index contributed by atoms with van der Waals surface area (Å²) < 4.78 is 0. The second-order valence-corrected chi connectivity index (χ2v) is 6.18. The van der Waals surface area contributed by atoms with Gasteiger partial charge in [0.1, 0.15) is 0 Å². The van der Waals surface area contributed by atoms with Gasteiger partial charge in [0.05, 0.1) is 0 Å². The number of aliphatic carboxylic acids is 1. The lowest BCUT2D eigenvalue weighted by atomic mass is 9.90. The molecule has 1 saturated heterocycles. The Morgan fingerprint density at radius 1 is 1.27 bits per heavy atom. The molecule has 0 bridgehead atoms. The van der Waals surface area contributed by atoms with Gasteiger partial charge in [-0.3, -0.25) is 4.79 Å². The summed E-state index contributed by atoms with van der Waals surface area (Å²) in [5, 5.41) is 18.9. The van der Waals surface area contributed by atoms with Crippen molar-refractivity contribution in [3.8, 4) is 0 Å². The first kappa shape index (κ1) is 16.5. The lowest BCUT2D eigenvalue weighted by molar-refractivity contribution is -0.165. The number of amides is 1. The maximum atomic E-state index is 12.4. The van der Waals surface area contributed by atoms with Gasteiger partial charge < -0.3 is 15.1 Å². The van der Waals surface area contributed by atoms with E-state index in [4.69, 9.17) is 5.11 Å². The van der Waals surface area contributed by atoms with Gasteiger partial charge in [-0.2, -0.15) is 0 Å². The standard InChI is InChI=1S/C17H23NO4/c1-12-5-3-4-6-14(12)13(2)11-15(19)18-9-7-17(22,8-10-18)16(20)21/h3-6,13,22H,7-11H2,1-2H3,(H,20,21). The minimum Gasteiger partial charge on any atom is -0.479 e. The van der Waals surface area contributed by atoms with Gasteiger partial charge in [0.25, 0.3) is 0 Å². The first-order valence-electron chi connectivity index (χ1n) is 7.62. The summed E-state index contributed by atoms with van der Waals surface area (Å²) in [5.74, 6) is -1.06. The molecule has 2 rings (SSSR count). The second-order valence-electron chi connectivity index (χ2n) is 6.18. The van der Waals surface area contributed by atoms with Gasteiger partial charge in [0.2, 0.25) is 5.91 Å². The number of hydrogen-bond acceptors (Lipinski definition) is 3. The number of carbonyl (C=O) groups is 2. The van der Waals surface area contributed by atoms with Gasteiger partial charge in [0, 0.05) is 32.4 Å². The van der Waals surface area contributed by atoms with Crippen molar-refractivity contribution in [1.29, 1.82) is 0 Å². The monoisotopic (exact) mass is 305 g/mol. The average Bonchev–Trinajstić information content (AvgIpc) is 2.48. The predicted molar refractivity (Wildman–Crippen MR) is 82.6 cm³/mol. The highest BCUT2D eigenvalue weighted by atomic mass is 16.4. The summed E-state index contributed by atoms with van der Waals surface area (Å²) in [6.45, 7) is 4.65. The van der Waals surface area contributed by atoms with Crippen LogP contribution in [0.15, 0.2) is 24.3 Å². The summed E-state index contributed by atoms with van der Waals surface area (Å²) in [6, 6.07) is 8.01. The van der Waals surface area contributed by atoms with Crippen molar-refractivity contribution in [3.05, 3.63) is 35.4 Å². The van der Waals surface area contributed by atoms with Crippen LogP contribution >= 0.6 is 0 Å². The largest absolute Gasteiger partial charge is 0.479 e. The SMILES string of the molecule is Cc1ccccc1C(C)CC(=O)N1CCC(O)(C(=O)O)CC1. The van der Waals surface area contributed by atoms with Crippen molar-refractivity contribution in [2.24, 2.45) is 0 Å². The van der Waals surface area contributed by atoms with Crippen LogP contribution in [0.2, 0.25) is 0 Å². The fraction of sp³-hybridized carbons (Fsp3) is 0.529. The summed E-state index contributed by atoms with van der Waals surface area (Å²) in [5.41, 5.74) is 0.648. The molecule has 120 valence electrons. The number of carboxylic acids is 1. The molecule has 0 aromatic heterocycles. The van der Waals surface area contributed by atoms with Crippen LogP contribution < -0.4 is 0 Å². The van der Waals surface area contributed by atoms with E-state index in [1.165, 1.54) is 5.56 Å². The van der Waals surface area contributed by atoms with E-state index in [2.05, 4.69) is 0 Å². The van der Waals surface area contributed by atoms with Crippen LogP contribution in [0.1, 0.15) is 43.2 Å². The molecule has 2 N–H and O–H groups in total. The zero-order valence-corrected chi connectivity index (χ0v) is 13.1. The maximum Gasteiger partial charge on any atom is 0.335 e. The van der Waals surface area contributed by atoms with Crippen LogP contribution in [0.5, 0.6) is 0 Å². The summed E-state index contributed by atoms with van der Waals surface area (Å²) >= 11 is 0. The highest BCUT2D eigenvalue weighted by Crippen LogP contribution is 2.26. The van der Waals surface area contributed by atoms with E-state index in [0.717, 1.165) is 5.56 Å². The van der Waals surface area contributed by atoms with Gasteiger partial charge in [-0.15, -0.1) is 0 Å². The van der Waals surface area contributed by atoms with Crippen LogP contribution in [-0.2, 0) is 9.59 Å². The number of benzene rings is 1. The van der Waals surface area contributed by atoms with E-state index in [9.17, 15) is 14.7 Å². The minimum atomic E-state index is -1.68. The van der Waals surface area contributed by atoms with E-state index in [-0.39, 0.29) is 24.7 Å². The summed E-state index contributed by atoms with van der Waals surface area (Å²) in [4.78, 5) is 25.0. The summed E-state index contributed by atoms with van der Waals surface area (Å²) in [7, 11) is 0. The van der Waals surface area contributed by atoms with Crippen LogP contribution in [-0.4, -0.2) is 45.7 Å². The van der Waals surface area contributed by atoms with Crippen molar-refractivity contribution in [3.63, 3.8) is 0 Å². The highest BCUT2D eigenvalue weighted by molar-refractivity contribution is 5.80. The number of carbonyl (C=O) groups excluding carboxylic acids is 1. The number of hydrogen-bond donors (Lipinski definition) is 2. The molecule has 1 heterocycles. The molecular weight excluding hydrogens is 282 g/mol. The molecule has 0 aliphatic carbocycles. The Morgan fingerprint density at radius 2 is 1.86 bits per heavy atom. The number of aryl methyl sites for hydroxylation is 1. The topological polar surface area (TPSA) is 77.8 Å². The number of nitrogens with zero attached hydrogens (tertiary/aromatic N) is 1. The number of piperidine rings is 1. The minimum absolute atomic E-state index is 0.0168. The van der Waals surface area contributed by atoms with Crippen LogP contribution in [0, 0.1) is 6.92 Å². The fourth-order valence-electron chi connectivity index (χ4n) is 2.98. The zero-order valence-electron chi connectivity index (χ0n) is 13.1. The Balaban J connectivity index is 1.94. The molecule has 1 amide bonds. The van der Waals surface area contributed by atoms with E-state index < -0.39 is 11.6 Å². The lowest BCUT2D eigenvalue weighted by Gasteiger charge is -2.35. The molecule has 1 unspecified atom stereocenters. The van der Waals surface area contributed by atoms with Crippen molar-refractivity contribution in [2.45, 2.75) is 44.6 Å². The predicted octanol–water partition coefficient (Wildman–Crippen LogP) is 1.93. The van der Waals surface area contributed by atoms with Crippen molar-refractivity contribution in [1.82, 2.24) is 4.90 Å². The molecule has 1 fully saturated rings. The number of carboxylic acid groups (broad SMARTS) is 1. The number of likely N-dealkylation sites (tertiary alicyclic amines) is 1. The Labute approximate surface area is 130 Å². The van der Waals surface area contributed by atoms with Gasteiger partial charge in [-0.1, -0.05) is 31.2 Å². The quantitative estimate of drug-likeness (QED) is 0.891. The smallest absolute Gasteiger partial charge is 0.335 e. The molecule has 0 saturated carbocycles. The third-order valence-electron chi connectivity index (χ3n) is 4.54. The van der Waals surface area contributed by atoms with Gasteiger partial charge in [-0.25, -0.2) is 4.79 Å². The first-order chi connectivity index (χ1) is 10.3. The maximum absolute atomic E-state index is 12.4. The van der Waals surface area contributed by atoms with Gasteiger partial charge in [0.15, 0.2) is 5.60 Å². The summed E-state index contributed by atoms with van der Waals surface area (Å²) in [6.07, 6.45) is 0.579. The molecule has 22 heavy (non-hydrogen) atoms. The molecule has 5 heteroatoms. The second kappa shape index (κ2) is 6.48. The number of rotatable bonds is 4. The number of aliphatic hydroxyl groups is 1. The third-order valence-corrected chi connectivity index (χ3v) is 4.54. The zero-order chi connectivity index (χ0) is 16.3. The molecule has 1 atom stereocenters. The Bertz CT molecular complexity index is 562. The first-order valence-corrected chi connectivity index (χ1v) is 7.62. The van der Waals surface area contributed by atoms with E-state index >= 15 is 0 Å². The molecule has 1 aliphatic rings. The molecule has 0 radical (unpaired) electrons.